The van der Waals surface area contributed by atoms with E-state index in [2.05, 4.69) is 24.1 Å². The molecule has 0 spiro atoms. The molecule has 4 heteroatoms. The highest BCUT2D eigenvalue weighted by atomic mass is 19.2. The van der Waals surface area contributed by atoms with Gasteiger partial charge in [0, 0.05) is 12.1 Å². The molecule has 1 aromatic carbocycles. The number of rotatable bonds is 5. The molecular weight excluding hydrogens is 270 g/mol. The SMILES string of the molecule is CCN1CCC(C(C)NC(C)c2ccc(F)c(F)c2)CC1. The minimum atomic E-state index is -0.786. The molecule has 1 fully saturated rings. The molecule has 1 aliphatic rings. The Morgan fingerprint density at radius 2 is 1.86 bits per heavy atom. The maximum absolute atomic E-state index is 13.3. The van der Waals surface area contributed by atoms with Gasteiger partial charge in [-0.1, -0.05) is 13.0 Å². The molecule has 0 radical (unpaired) electrons. The van der Waals surface area contributed by atoms with Crippen molar-refractivity contribution in [2.24, 2.45) is 5.92 Å². The van der Waals surface area contributed by atoms with Crippen LogP contribution in [0.3, 0.4) is 0 Å². The second-order valence-corrected chi connectivity index (χ2v) is 6.12. The molecule has 1 saturated heterocycles. The van der Waals surface area contributed by atoms with Gasteiger partial charge in [0.1, 0.15) is 0 Å². The van der Waals surface area contributed by atoms with Gasteiger partial charge in [0.05, 0.1) is 0 Å². The molecule has 0 aromatic heterocycles. The van der Waals surface area contributed by atoms with Crippen molar-refractivity contribution in [3.05, 3.63) is 35.4 Å². The molecule has 2 nitrogen and oxygen atoms in total. The Balaban J connectivity index is 1.89. The molecule has 0 bridgehead atoms. The summed E-state index contributed by atoms with van der Waals surface area (Å²) in [6.45, 7) is 9.85. The fraction of sp³-hybridized carbons (Fsp3) is 0.647. The predicted molar refractivity (Wildman–Crippen MR) is 82.2 cm³/mol. The number of halogens is 2. The predicted octanol–water partition coefficient (Wildman–Crippen LogP) is 3.74. The van der Waals surface area contributed by atoms with E-state index < -0.39 is 11.6 Å². The first kappa shape index (κ1) is 16.4. The normalized spacial score (nSPS) is 20.4. The third-order valence-electron chi connectivity index (χ3n) is 4.74. The first-order chi connectivity index (χ1) is 10.0. The van der Waals surface area contributed by atoms with E-state index >= 15 is 0 Å². The van der Waals surface area contributed by atoms with Gasteiger partial charge in [-0.15, -0.1) is 0 Å². The van der Waals surface area contributed by atoms with Gasteiger partial charge < -0.3 is 10.2 Å². The fourth-order valence-corrected chi connectivity index (χ4v) is 3.18. The molecule has 1 aromatic rings. The quantitative estimate of drug-likeness (QED) is 0.890. The second-order valence-electron chi connectivity index (χ2n) is 6.12. The maximum atomic E-state index is 13.3. The number of piperidine rings is 1. The van der Waals surface area contributed by atoms with Crippen molar-refractivity contribution in [1.29, 1.82) is 0 Å². The zero-order valence-electron chi connectivity index (χ0n) is 13.2. The summed E-state index contributed by atoms with van der Waals surface area (Å²) in [5, 5.41) is 3.54. The van der Waals surface area contributed by atoms with Gasteiger partial charge in [-0.25, -0.2) is 8.78 Å². The Labute approximate surface area is 126 Å². The average Bonchev–Trinajstić information content (AvgIpc) is 2.50. The van der Waals surface area contributed by atoms with Gasteiger partial charge in [0.25, 0.3) is 0 Å². The van der Waals surface area contributed by atoms with Crippen molar-refractivity contribution in [2.75, 3.05) is 19.6 Å². The van der Waals surface area contributed by atoms with Crippen LogP contribution in [0.4, 0.5) is 8.78 Å². The standard InChI is InChI=1S/C17H26F2N2/c1-4-21-9-7-14(8-10-21)12(2)20-13(3)15-5-6-16(18)17(19)11-15/h5-6,11-14,20H,4,7-10H2,1-3H3. The van der Waals surface area contributed by atoms with Crippen molar-refractivity contribution in [3.8, 4) is 0 Å². The van der Waals surface area contributed by atoms with Gasteiger partial charge >= 0.3 is 0 Å². The lowest BCUT2D eigenvalue weighted by Crippen LogP contribution is -2.42. The third kappa shape index (κ3) is 4.24. The van der Waals surface area contributed by atoms with Crippen molar-refractivity contribution < 1.29 is 8.78 Å². The van der Waals surface area contributed by atoms with Crippen molar-refractivity contribution in [1.82, 2.24) is 10.2 Å². The number of nitrogens with one attached hydrogen (secondary N) is 1. The fourth-order valence-electron chi connectivity index (χ4n) is 3.18. The molecule has 2 atom stereocenters. The van der Waals surface area contributed by atoms with E-state index in [0.29, 0.717) is 12.0 Å². The summed E-state index contributed by atoms with van der Waals surface area (Å²) >= 11 is 0. The Morgan fingerprint density at radius 1 is 1.19 bits per heavy atom. The molecule has 2 unspecified atom stereocenters. The van der Waals surface area contributed by atoms with Crippen LogP contribution >= 0.6 is 0 Å². The zero-order valence-corrected chi connectivity index (χ0v) is 13.2. The van der Waals surface area contributed by atoms with Crippen LogP contribution in [0.2, 0.25) is 0 Å². The summed E-state index contributed by atoms with van der Waals surface area (Å²) < 4.78 is 26.3. The number of benzene rings is 1. The van der Waals surface area contributed by atoms with Crippen LogP contribution in [-0.2, 0) is 0 Å². The van der Waals surface area contributed by atoms with Crippen LogP contribution in [0.1, 0.15) is 45.2 Å². The average molecular weight is 296 g/mol. The summed E-state index contributed by atoms with van der Waals surface area (Å²) in [5.74, 6) is -0.906. The summed E-state index contributed by atoms with van der Waals surface area (Å²) in [6, 6.07) is 4.56. The Kier molecular flexibility index (Phi) is 5.71. The number of hydrogen-bond acceptors (Lipinski definition) is 2. The van der Waals surface area contributed by atoms with Gasteiger partial charge in [0.2, 0.25) is 0 Å². The first-order valence-electron chi connectivity index (χ1n) is 7.94. The van der Waals surface area contributed by atoms with Crippen LogP contribution in [0.5, 0.6) is 0 Å². The van der Waals surface area contributed by atoms with Crippen molar-refractivity contribution in [2.45, 2.75) is 45.7 Å². The molecule has 1 aliphatic heterocycles. The number of likely N-dealkylation sites (tertiary alicyclic amines) is 1. The molecule has 1 N–H and O–H groups in total. The monoisotopic (exact) mass is 296 g/mol. The number of hydrogen-bond donors (Lipinski definition) is 1. The van der Waals surface area contributed by atoms with E-state index in [4.69, 9.17) is 0 Å². The van der Waals surface area contributed by atoms with Gasteiger partial charge in [-0.05, 0) is 69.9 Å². The summed E-state index contributed by atoms with van der Waals surface area (Å²) in [5.41, 5.74) is 0.798. The smallest absolute Gasteiger partial charge is 0.159 e. The zero-order chi connectivity index (χ0) is 15.4. The van der Waals surface area contributed by atoms with Gasteiger partial charge in [0.15, 0.2) is 11.6 Å². The molecular formula is C17H26F2N2. The molecule has 1 heterocycles. The molecule has 118 valence electrons. The Hall–Kier alpha value is -1.00. The lowest BCUT2D eigenvalue weighted by molar-refractivity contribution is 0.165. The van der Waals surface area contributed by atoms with Crippen LogP contribution in [0.25, 0.3) is 0 Å². The highest BCUT2D eigenvalue weighted by molar-refractivity contribution is 5.20. The van der Waals surface area contributed by atoms with Gasteiger partial charge in [-0.3, -0.25) is 0 Å². The lowest BCUT2D eigenvalue weighted by Gasteiger charge is -2.35. The van der Waals surface area contributed by atoms with E-state index in [0.717, 1.165) is 25.2 Å². The van der Waals surface area contributed by atoms with E-state index in [9.17, 15) is 8.78 Å². The minimum absolute atomic E-state index is 0.0271. The maximum Gasteiger partial charge on any atom is 0.159 e. The Morgan fingerprint density at radius 3 is 2.43 bits per heavy atom. The van der Waals surface area contributed by atoms with E-state index in [1.54, 1.807) is 6.07 Å². The van der Waals surface area contributed by atoms with E-state index in [1.165, 1.54) is 25.0 Å². The van der Waals surface area contributed by atoms with Crippen molar-refractivity contribution in [3.63, 3.8) is 0 Å². The van der Waals surface area contributed by atoms with Crippen LogP contribution in [-0.4, -0.2) is 30.6 Å². The second kappa shape index (κ2) is 7.32. The van der Waals surface area contributed by atoms with E-state index in [-0.39, 0.29) is 6.04 Å². The summed E-state index contributed by atoms with van der Waals surface area (Å²) in [6.07, 6.45) is 2.40. The van der Waals surface area contributed by atoms with E-state index in [1.807, 2.05) is 6.92 Å². The van der Waals surface area contributed by atoms with Crippen LogP contribution < -0.4 is 5.32 Å². The topological polar surface area (TPSA) is 15.3 Å². The van der Waals surface area contributed by atoms with Crippen LogP contribution in [0.15, 0.2) is 18.2 Å². The molecule has 0 amide bonds. The number of nitrogens with zero attached hydrogens (tertiary/aromatic N) is 1. The first-order valence-corrected chi connectivity index (χ1v) is 7.94. The highest BCUT2D eigenvalue weighted by Gasteiger charge is 2.24. The largest absolute Gasteiger partial charge is 0.307 e. The van der Waals surface area contributed by atoms with Crippen LogP contribution in [0, 0.1) is 17.6 Å². The van der Waals surface area contributed by atoms with Crippen molar-refractivity contribution >= 4 is 0 Å². The highest BCUT2D eigenvalue weighted by Crippen LogP contribution is 2.23. The summed E-state index contributed by atoms with van der Waals surface area (Å²) in [7, 11) is 0. The van der Waals surface area contributed by atoms with Gasteiger partial charge in [-0.2, -0.15) is 0 Å². The molecule has 2 rings (SSSR count). The molecule has 0 saturated carbocycles. The molecule has 0 aliphatic carbocycles. The summed E-state index contributed by atoms with van der Waals surface area (Å²) in [4.78, 5) is 2.47. The molecule has 21 heavy (non-hydrogen) atoms. The lowest BCUT2D eigenvalue weighted by atomic mass is 9.89. The minimum Gasteiger partial charge on any atom is -0.307 e. The Bertz CT molecular complexity index is 456. The third-order valence-corrected chi connectivity index (χ3v) is 4.74.